The molecule has 0 saturated heterocycles. The predicted octanol–water partition coefficient (Wildman–Crippen LogP) is 2.93. The third-order valence-electron chi connectivity index (χ3n) is 2.70. The number of unbranched alkanes of at least 4 members (excludes halogenated alkanes) is 1. The van der Waals surface area contributed by atoms with Crippen LogP contribution in [-0.2, 0) is 4.79 Å². The maximum atomic E-state index is 11.6. The highest BCUT2D eigenvalue weighted by Crippen LogP contribution is 2.10. The lowest BCUT2D eigenvalue weighted by Gasteiger charge is -2.06. The zero-order valence-electron chi connectivity index (χ0n) is 11.3. The minimum Gasteiger partial charge on any atom is -0.477 e. The Balaban J connectivity index is 2.34. The number of carboxylic acids is 1. The molecule has 0 fully saturated rings. The van der Waals surface area contributed by atoms with Crippen LogP contribution in [0.15, 0.2) is 18.3 Å². The van der Waals surface area contributed by atoms with E-state index < -0.39 is 5.97 Å². The van der Waals surface area contributed by atoms with Crippen molar-refractivity contribution in [2.75, 3.05) is 5.32 Å². The number of carboxylic acid groups (broad SMARTS) is 1. The van der Waals surface area contributed by atoms with Crippen LogP contribution in [0.25, 0.3) is 0 Å². The van der Waals surface area contributed by atoms with Crippen molar-refractivity contribution in [2.45, 2.75) is 39.5 Å². The van der Waals surface area contributed by atoms with Gasteiger partial charge in [-0.25, -0.2) is 9.78 Å². The summed E-state index contributed by atoms with van der Waals surface area (Å²) in [6.45, 7) is 4.32. The Hall–Kier alpha value is -1.91. The SMILES string of the molecule is CC(C)CCCCC(=O)Nc1ccc(C(=O)O)nc1. The number of hydrogen-bond donors (Lipinski definition) is 2. The molecule has 104 valence electrons. The number of anilines is 1. The highest BCUT2D eigenvalue weighted by molar-refractivity contribution is 5.91. The van der Waals surface area contributed by atoms with E-state index in [1.807, 2.05) is 0 Å². The van der Waals surface area contributed by atoms with E-state index in [2.05, 4.69) is 24.1 Å². The summed E-state index contributed by atoms with van der Waals surface area (Å²) in [5.41, 5.74) is 0.494. The second-order valence-electron chi connectivity index (χ2n) is 4.93. The Morgan fingerprint density at radius 1 is 1.32 bits per heavy atom. The average molecular weight is 264 g/mol. The average Bonchev–Trinajstić information content (AvgIpc) is 2.35. The van der Waals surface area contributed by atoms with Gasteiger partial charge in [0, 0.05) is 6.42 Å². The molecule has 0 saturated carbocycles. The van der Waals surface area contributed by atoms with Gasteiger partial charge in [0.1, 0.15) is 5.69 Å². The molecule has 19 heavy (non-hydrogen) atoms. The van der Waals surface area contributed by atoms with Gasteiger partial charge in [0.05, 0.1) is 11.9 Å². The lowest BCUT2D eigenvalue weighted by atomic mass is 10.1. The fraction of sp³-hybridized carbons (Fsp3) is 0.500. The van der Waals surface area contributed by atoms with E-state index >= 15 is 0 Å². The number of aromatic nitrogens is 1. The fourth-order valence-electron chi connectivity index (χ4n) is 1.66. The minimum atomic E-state index is -1.08. The van der Waals surface area contributed by atoms with Crippen molar-refractivity contribution in [3.05, 3.63) is 24.0 Å². The Kier molecular flexibility index (Phi) is 5.99. The lowest BCUT2D eigenvalue weighted by molar-refractivity contribution is -0.116. The summed E-state index contributed by atoms with van der Waals surface area (Å²) >= 11 is 0. The van der Waals surface area contributed by atoms with Gasteiger partial charge in [0.15, 0.2) is 0 Å². The van der Waals surface area contributed by atoms with Gasteiger partial charge >= 0.3 is 5.97 Å². The smallest absolute Gasteiger partial charge is 0.354 e. The third-order valence-corrected chi connectivity index (χ3v) is 2.70. The van der Waals surface area contributed by atoms with Crippen LogP contribution >= 0.6 is 0 Å². The molecule has 0 radical (unpaired) electrons. The first-order chi connectivity index (χ1) is 8.99. The van der Waals surface area contributed by atoms with Gasteiger partial charge in [0.2, 0.25) is 5.91 Å². The summed E-state index contributed by atoms with van der Waals surface area (Å²) in [4.78, 5) is 26.0. The quantitative estimate of drug-likeness (QED) is 0.742. The van der Waals surface area contributed by atoms with Crippen LogP contribution in [0.1, 0.15) is 50.0 Å². The molecule has 1 amide bonds. The Labute approximate surface area is 113 Å². The normalized spacial score (nSPS) is 10.5. The summed E-state index contributed by atoms with van der Waals surface area (Å²) in [5.74, 6) is -0.476. The summed E-state index contributed by atoms with van der Waals surface area (Å²) in [6, 6.07) is 2.92. The lowest BCUT2D eigenvalue weighted by Crippen LogP contribution is -2.12. The monoisotopic (exact) mass is 264 g/mol. The van der Waals surface area contributed by atoms with Crippen LogP contribution in [0.5, 0.6) is 0 Å². The van der Waals surface area contributed by atoms with E-state index in [1.54, 1.807) is 6.07 Å². The van der Waals surface area contributed by atoms with Gasteiger partial charge in [-0.15, -0.1) is 0 Å². The molecule has 0 aliphatic carbocycles. The molecule has 0 aliphatic heterocycles. The zero-order valence-corrected chi connectivity index (χ0v) is 11.3. The first-order valence-electron chi connectivity index (χ1n) is 6.48. The molecule has 0 aliphatic rings. The van der Waals surface area contributed by atoms with Crippen LogP contribution in [0.2, 0.25) is 0 Å². The number of nitrogens with one attached hydrogen (secondary N) is 1. The number of pyridine rings is 1. The van der Waals surface area contributed by atoms with Crippen molar-refractivity contribution in [2.24, 2.45) is 5.92 Å². The number of carbonyl (C=O) groups is 2. The van der Waals surface area contributed by atoms with E-state index in [-0.39, 0.29) is 11.6 Å². The number of aromatic carboxylic acids is 1. The van der Waals surface area contributed by atoms with E-state index in [1.165, 1.54) is 12.3 Å². The van der Waals surface area contributed by atoms with Gasteiger partial charge in [0.25, 0.3) is 0 Å². The topological polar surface area (TPSA) is 79.3 Å². The molecule has 0 atom stereocenters. The van der Waals surface area contributed by atoms with Crippen molar-refractivity contribution in [1.82, 2.24) is 4.98 Å². The van der Waals surface area contributed by atoms with E-state index in [0.717, 1.165) is 19.3 Å². The number of amides is 1. The molecular formula is C14H20N2O3. The molecule has 1 aromatic heterocycles. The molecule has 0 spiro atoms. The van der Waals surface area contributed by atoms with Gasteiger partial charge in [-0.1, -0.05) is 26.7 Å². The Morgan fingerprint density at radius 3 is 2.58 bits per heavy atom. The van der Waals surface area contributed by atoms with Gasteiger partial charge in [-0.3, -0.25) is 4.79 Å². The predicted molar refractivity (Wildman–Crippen MR) is 73.1 cm³/mol. The van der Waals surface area contributed by atoms with Crippen LogP contribution in [0.4, 0.5) is 5.69 Å². The van der Waals surface area contributed by atoms with Gasteiger partial charge < -0.3 is 10.4 Å². The zero-order chi connectivity index (χ0) is 14.3. The maximum Gasteiger partial charge on any atom is 0.354 e. The highest BCUT2D eigenvalue weighted by Gasteiger charge is 2.06. The largest absolute Gasteiger partial charge is 0.477 e. The first-order valence-corrected chi connectivity index (χ1v) is 6.48. The highest BCUT2D eigenvalue weighted by atomic mass is 16.4. The Morgan fingerprint density at radius 2 is 2.05 bits per heavy atom. The molecule has 0 aromatic carbocycles. The molecule has 0 unspecified atom stereocenters. The molecular weight excluding hydrogens is 244 g/mol. The molecule has 1 heterocycles. The van der Waals surface area contributed by atoms with Crippen LogP contribution < -0.4 is 5.32 Å². The first kappa shape index (κ1) is 15.1. The van der Waals surface area contributed by atoms with Crippen LogP contribution in [0.3, 0.4) is 0 Å². The van der Waals surface area contributed by atoms with Gasteiger partial charge in [-0.2, -0.15) is 0 Å². The number of hydrogen-bond acceptors (Lipinski definition) is 3. The number of rotatable bonds is 7. The third kappa shape index (κ3) is 5.99. The van der Waals surface area contributed by atoms with Crippen LogP contribution in [-0.4, -0.2) is 22.0 Å². The number of carbonyl (C=O) groups excluding carboxylic acids is 1. The fourth-order valence-corrected chi connectivity index (χ4v) is 1.66. The van der Waals surface area contributed by atoms with E-state index in [4.69, 9.17) is 5.11 Å². The molecule has 0 bridgehead atoms. The summed E-state index contributed by atoms with van der Waals surface area (Å²) in [6.07, 6.45) is 4.87. The van der Waals surface area contributed by atoms with Crippen molar-refractivity contribution in [1.29, 1.82) is 0 Å². The Bertz CT molecular complexity index is 427. The summed E-state index contributed by atoms with van der Waals surface area (Å²) < 4.78 is 0. The molecule has 1 rings (SSSR count). The maximum absolute atomic E-state index is 11.6. The minimum absolute atomic E-state index is 0.0325. The molecule has 1 aromatic rings. The molecule has 5 nitrogen and oxygen atoms in total. The van der Waals surface area contributed by atoms with Crippen molar-refractivity contribution in [3.8, 4) is 0 Å². The van der Waals surface area contributed by atoms with Crippen LogP contribution in [0, 0.1) is 5.92 Å². The second kappa shape index (κ2) is 7.51. The molecule has 5 heteroatoms. The summed E-state index contributed by atoms with van der Waals surface area (Å²) in [5, 5.41) is 11.4. The van der Waals surface area contributed by atoms with Crippen molar-refractivity contribution < 1.29 is 14.7 Å². The van der Waals surface area contributed by atoms with E-state index in [0.29, 0.717) is 18.0 Å². The summed E-state index contributed by atoms with van der Waals surface area (Å²) in [7, 11) is 0. The van der Waals surface area contributed by atoms with Gasteiger partial charge in [-0.05, 0) is 24.5 Å². The number of nitrogens with zero attached hydrogens (tertiary/aromatic N) is 1. The standard InChI is InChI=1S/C14H20N2O3/c1-10(2)5-3-4-6-13(17)16-11-7-8-12(14(18)19)15-9-11/h7-10H,3-6H2,1-2H3,(H,16,17)(H,18,19). The van der Waals surface area contributed by atoms with Crippen molar-refractivity contribution >= 4 is 17.6 Å². The second-order valence-corrected chi connectivity index (χ2v) is 4.93. The molecule has 2 N–H and O–H groups in total. The van der Waals surface area contributed by atoms with E-state index in [9.17, 15) is 9.59 Å². The van der Waals surface area contributed by atoms with Crippen molar-refractivity contribution in [3.63, 3.8) is 0 Å².